The van der Waals surface area contributed by atoms with E-state index in [9.17, 15) is 25.3 Å². The number of rotatable bonds is 42. The van der Waals surface area contributed by atoms with Gasteiger partial charge in [0.25, 0.3) is 30.4 Å². The van der Waals surface area contributed by atoms with Crippen LogP contribution in [0.4, 0.5) is 0 Å². The van der Waals surface area contributed by atoms with Crippen LogP contribution in [0.25, 0.3) is 0 Å². The summed E-state index contributed by atoms with van der Waals surface area (Å²) in [6.07, 6.45) is 19.6. The zero-order valence-electron chi connectivity index (χ0n) is 47.9. The van der Waals surface area contributed by atoms with Crippen LogP contribution in [0.15, 0.2) is 91.0 Å². The number of nitrogens with one attached hydrogen (secondary N) is 3. The molecule has 0 aliphatic carbocycles. The van der Waals surface area contributed by atoms with Crippen LogP contribution in [0.5, 0.6) is 34.5 Å². The first-order valence-electron chi connectivity index (χ1n) is 27.9. The Labute approximate surface area is 496 Å². The highest BCUT2D eigenvalue weighted by Gasteiger charge is 2.08. The smallest absolute Gasteiger partial charge is 0.267 e. The molecule has 0 aliphatic rings. The highest BCUT2D eigenvalue weighted by atomic mass is 32.2. The van der Waals surface area contributed by atoms with Crippen molar-refractivity contribution in [1.82, 2.24) is 0 Å². The van der Waals surface area contributed by atoms with E-state index in [1.165, 1.54) is 0 Å². The van der Waals surface area contributed by atoms with Crippen LogP contribution in [0.2, 0.25) is 0 Å². The lowest BCUT2D eigenvalue weighted by Crippen LogP contribution is -2.10. The summed E-state index contributed by atoms with van der Waals surface area (Å²) < 4.78 is 117. The first-order chi connectivity index (χ1) is 39.9. The number of aliphatic hydroxyl groups excluding tert-OH is 3. The number of aliphatic hydroxyl groups is 3. The lowest BCUT2D eigenvalue weighted by molar-refractivity contribution is 0.274. The van der Waals surface area contributed by atoms with E-state index in [-0.39, 0.29) is 17.5 Å². The Morgan fingerprint density at radius 1 is 0.310 bits per heavy atom. The molecule has 4 rings (SSSR count). The summed E-state index contributed by atoms with van der Waals surface area (Å²) in [5.74, 6) is 3.23. The Morgan fingerprint density at radius 2 is 0.476 bits per heavy atom. The molecule has 0 unspecified atom stereocenters. The second kappa shape index (κ2) is 45.1. The number of hydrogen-bond donors (Lipinski definition) is 12. The fraction of sp³-hybridized carbons (Fsp3) is 0.526. The molecule has 0 amide bonds. The molecule has 0 atom stereocenters. The van der Waals surface area contributed by atoms with Crippen LogP contribution >= 0.6 is 0 Å². The first kappa shape index (κ1) is 75.7. The van der Waals surface area contributed by atoms with Gasteiger partial charge in [-0.2, -0.15) is 25.3 Å². The lowest BCUT2D eigenvalue weighted by atomic mass is 10.1. The molecule has 0 bridgehead atoms. The average molecular weight is 1240 g/mol. The van der Waals surface area contributed by atoms with Crippen molar-refractivity contribution in [2.45, 2.75) is 116 Å². The van der Waals surface area contributed by atoms with Crippen molar-refractivity contribution < 1.29 is 82.7 Å². The minimum atomic E-state index is -3.92. The van der Waals surface area contributed by atoms with Gasteiger partial charge in [-0.25, -0.2) is 0 Å². The zero-order valence-corrected chi connectivity index (χ0v) is 50.4. The van der Waals surface area contributed by atoms with Gasteiger partial charge < -0.3 is 60.9 Å². The molecule has 0 aromatic heterocycles. The summed E-state index contributed by atoms with van der Waals surface area (Å²) in [4.78, 5) is 0. The predicted molar refractivity (Wildman–Crippen MR) is 325 cm³/mol. The molecule has 0 saturated heterocycles. The van der Waals surface area contributed by atoms with E-state index >= 15 is 0 Å². The predicted octanol–water partition coefficient (Wildman–Crippen LogP) is 7.53. The number of unbranched alkanes of at least 4 members (excludes halogenated alkanes) is 15. The molecule has 0 radical (unpaired) electrons. The van der Waals surface area contributed by atoms with Crippen LogP contribution in [0, 0.1) is 16.2 Å². The molecule has 27 heteroatoms. The largest absolute Gasteiger partial charge is 0.494 e. The van der Waals surface area contributed by atoms with E-state index in [4.69, 9.17) is 90.8 Å². The van der Waals surface area contributed by atoms with E-state index in [1.807, 2.05) is 91.0 Å². The fourth-order valence-electron chi connectivity index (χ4n) is 7.21. The van der Waals surface area contributed by atoms with E-state index in [1.54, 1.807) is 0 Å². The molecule has 474 valence electrons. The van der Waals surface area contributed by atoms with E-state index < -0.39 is 67.4 Å². The normalized spacial score (nSPS) is 11.1. The highest BCUT2D eigenvalue weighted by molar-refractivity contribution is 7.86. The third-order valence-electron chi connectivity index (χ3n) is 11.6. The molecule has 0 aliphatic heterocycles. The van der Waals surface area contributed by atoms with Crippen molar-refractivity contribution in [2.24, 2.45) is 17.2 Å². The van der Waals surface area contributed by atoms with Crippen molar-refractivity contribution >= 4 is 47.9 Å². The second-order valence-corrected chi connectivity index (χ2v) is 23.7. The van der Waals surface area contributed by atoms with Gasteiger partial charge in [0.15, 0.2) is 0 Å². The Hall–Kier alpha value is -6.30. The van der Waals surface area contributed by atoms with Crippen molar-refractivity contribution in [3.63, 3.8) is 0 Å². The summed E-state index contributed by atoms with van der Waals surface area (Å²) in [6, 6.07) is 28.0. The van der Waals surface area contributed by atoms with Gasteiger partial charge in [0, 0.05) is 34.9 Å². The molecule has 0 spiro atoms. The number of nitrogen functional groups attached to an aromatic ring is 3. The van der Waals surface area contributed by atoms with Gasteiger partial charge in [-0.3, -0.25) is 29.9 Å². The Balaban J connectivity index is 0.00000142. The molecule has 0 saturated carbocycles. The Bertz CT molecular complexity index is 2450. The molecule has 84 heavy (non-hydrogen) atoms. The van der Waals surface area contributed by atoms with Crippen LogP contribution < -0.4 is 45.6 Å². The number of ether oxygens (including phenoxy) is 6. The summed E-state index contributed by atoms with van der Waals surface area (Å²) in [7, 11) is -11.8. The van der Waals surface area contributed by atoms with E-state index in [0.717, 1.165) is 150 Å². The Morgan fingerprint density at radius 3 is 0.619 bits per heavy atom. The third kappa shape index (κ3) is 43.4. The molecule has 0 heterocycles. The molecule has 4 aromatic rings. The van der Waals surface area contributed by atoms with Gasteiger partial charge in [0.2, 0.25) is 0 Å². The van der Waals surface area contributed by atoms with Crippen LogP contribution in [0.3, 0.4) is 0 Å². The SMILES string of the molecule is N=C(N)c1ccc(OCCCCCCCCOc2cc(OCCCCCCCCOc3ccc(C(=N)N)cc3)cc(OCCCCCCCCOc3ccc(C(=N)N)cc3)c2)cc1.O=S(=O)(O)CCO.O=S(=O)(O)CCO.O=S(=O)(O)CCO. The van der Waals surface area contributed by atoms with Gasteiger partial charge in [-0.05, 0) is 111 Å². The average Bonchev–Trinajstić information content (AvgIpc) is 3.58. The van der Waals surface area contributed by atoms with Gasteiger partial charge in [0.05, 0.1) is 76.7 Å². The highest BCUT2D eigenvalue weighted by Crippen LogP contribution is 2.29. The first-order valence-corrected chi connectivity index (χ1v) is 32.7. The number of benzene rings is 4. The summed E-state index contributed by atoms with van der Waals surface area (Å²) in [6.45, 7) is 2.41. The van der Waals surface area contributed by atoms with E-state index in [2.05, 4.69) is 0 Å². The molecule has 24 nitrogen and oxygen atoms in total. The van der Waals surface area contributed by atoms with Crippen molar-refractivity contribution in [3.8, 4) is 34.5 Å². The topological polar surface area (TPSA) is 429 Å². The van der Waals surface area contributed by atoms with Gasteiger partial charge in [-0.1, -0.05) is 77.0 Å². The monoisotopic (exact) mass is 1240 g/mol. The third-order valence-corrected chi connectivity index (χ3v) is 13.7. The van der Waals surface area contributed by atoms with Crippen molar-refractivity contribution in [3.05, 3.63) is 108 Å². The Kier molecular flexibility index (Phi) is 40.7. The standard InChI is InChI=1S/C51H72N6O6.3C2H6O4S/c52-49(53)40-19-25-43(26-20-40)58-31-13-7-1-4-10-16-34-61-46-37-47(62-35-17-11-5-2-8-14-32-59-44-27-21-41(22-28-44)50(54)55)39-48(38-46)63-36-18-12-6-3-9-15-33-60-45-29-23-42(24-30-45)51(56)57;3*3-1-2-7(4,5)6/h19-30,37-39H,1-18,31-36H2,(H3,52,53)(H3,54,55)(H3,56,57);3*3H,1-2H2,(H,4,5,6). The van der Waals surface area contributed by atoms with Crippen LogP contribution in [-0.4, -0.2) is 148 Å². The van der Waals surface area contributed by atoms with Gasteiger partial charge in [0.1, 0.15) is 52.0 Å². The van der Waals surface area contributed by atoms with Crippen molar-refractivity contribution in [1.29, 1.82) is 16.2 Å². The summed E-state index contributed by atoms with van der Waals surface area (Å²) in [5.41, 5.74) is 18.7. The maximum absolute atomic E-state index is 9.63. The van der Waals surface area contributed by atoms with Crippen LogP contribution in [0.1, 0.15) is 132 Å². The second-order valence-electron chi connectivity index (χ2n) is 18.9. The number of nitrogens with two attached hydrogens (primary N) is 3. The van der Waals surface area contributed by atoms with Gasteiger partial charge in [-0.15, -0.1) is 0 Å². The molecular weight excluding hydrogens is 1150 g/mol. The molecular formula is C57H90N6O18S3. The lowest BCUT2D eigenvalue weighted by Gasteiger charge is -2.14. The fourth-order valence-corrected chi connectivity index (χ4v) is 7.90. The quantitative estimate of drug-likeness (QED) is 0.00882. The van der Waals surface area contributed by atoms with Crippen molar-refractivity contribution in [2.75, 3.05) is 76.7 Å². The molecule has 0 fully saturated rings. The summed E-state index contributed by atoms with van der Waals surface area (Å²) in [5, 5.41) is 46.1. The zero-order chi connectivity index (χ0) is 62.5. The maximum atomic E-state index is 9.63. The van der Waals surface area contributed by atoms with E-state index in [0.29, 0.717) is 56.3 Å². The minimum absolute atomic E-state index is 0.0635. The molecule has 15 N–H and O–H groups in total. The summed E-state index contributed by atoms with van der Waals surface area (Å²) >= 11 is 0. The maximum Gasteiger partial charge on any atom is 0.267 e. The number of hydrogen-bond acceptors (Lipinski definition) is 18. The van der Waals surface area contributed by atoms with Gasteiger partial charge >= 0.3 is 0 Å². The molecule has 4 aromatic carbocycles. The van der Waals surface area contributed by atoms with Crippen LogP contribution in [-0.2, 0) is 30.4 Å². The minimum Gasteiger partial charge on any atom is -0.494 e. The number of amidine groups is 3.